The lowest BCUT2D eigenvalue weighted by Crippen LogP contribution is -2.60. The Bertz CT molecular complexity index is 2030. The van der Waals surface area contributed by atoms with Crippen molar-refractivity contribution in [2.75, 3.05) is 13.2 Å². The van der Waals surface area contributed by atoms with Gasteiger partial charge in [-0.05, 0) is 61.5 Å². The number of aliphatic hydroxyl groups is 1. The molecule has 1 fully saturated rings. The van der Waals surface area contributed by atoms with Crippen LogP contribution in [0.25, 0.3) is 0 Å². The molecule has 6 amide bonds. The fourth-order valence-electron chi connectivity index (χ4n) is 8.15. The van der Waals surface area contributed by atoms with Crippen LogP contribution in [0.3, 0.4) is 0 Å². The molecule has 1 aromatic heterocycles. The van der Waals surface area contributed by atoms with Gasteiger partial charge in [0, 0.05) is 38.3 Å². The van der Waals surface area contributed by atoms with Crippen LogP contribution in [0, 0.1) is 11.8 Å². The Morgan fingerprint density at radius 1 is 0.788 bits per heavy atom. The van der Waals surface area contributed by atoms with Crippen LogP contribution in [0.15, 0.2) is 73.2 Å². The third-order valence-electron chi connectivity index (χ3n) is 11.8. The molecule has 2 aromatic carbocycles. The number of nitrogens with two attached hydrogens (primary N) is 1. The second-order valence-electron chi connectivity index (χ2n) is 17.7. The number of ether oxygens (including phenoxy) is 1. The molecule has 6 atom stereocenters. The Balaban J connectivity index is 1.44. The number of likely N-dealkylation sites (tertiary alicyclic amines) is 1. The number of carbonyl (C=O) groups is 7. The average Bonchev–Trinajstić information content (AvgIpc) is 3.98. The Morgan fingerprint density at radius 2 is 1.39 bits per heavy atom. The molecule has 0 aliphatic carbocycles. The van der Waals surface area contributed by atoms with Crippen LogP contribution in [0.1, 0.15) is 109 Å². The van der Waals surface area contributed by atoms with Crippen LogP contribution in [0.2, 0.25) is 0 Å². The molecule has 7 N–H and O–H groups in total. The quantitative estimate of drug-likeness (QED) is 0.0459. The van der Waals surface area contributed by atoms with Gasteiger partial charge in [-0.2, -0.15) is 0 Å². The van der Waals surface area contributed by atoms with Gasteiger partial charge in [-0.1, -0.05) is 107 Å². The van der Waals surface area contributed by atoms with Gasteiger partial charge in [0.05, 0.1) is 19.4 Å². The number of nitrogens with zero attached hydrogens (tertiary/aromatic N) is 3. The van der Waals surface area contributed by atoms with E-state index in [1.54, 1.807) is 36.8 Å². The average molecular weight is 915 g/mol. The summed E-state index contributed by atoms with van der Waals surface area (Å²) >= 11 is 0. The molecule has 0 bridgehead atoms. The molecular weight excluding hydrogens is 845 g/mol. The number of rotatable bonds is 28. The van der Waals surface area contributed by atoms with E-state index in [0.717, 1.165) is 50.5 Å². The zero-order valence-electron chi connectivity index (χ0n) is 38.9. The van der Waals surface area contributed by atoms with E-state index in [9.17, 15) is 38.7 Å². The fraction of sp³-hybridized carbons (Fsp3) is 0.551. The summed E-state index contributed by atoms with van der Waals surface area (Å²) in [5, 5.41) is 21.0. The van der Waals surface area contributed by atoms with Crippen molar-refractivity contribution in [1.29, 1.82) is 0 Å². The molecule has 17 nitrogen and oxygen atoms in total. The number of imidazole rings is 1. The number of unbranched alkanes of at least 4 members (excludes halogenated alkanes) is 5. The predicted octanol–water partition coefficient (Wildman–Crippen LogP) is 3.25. The van der Waals surface area contributed by atoms with Crippen molar-refractivity contribution >= 4 is 41.4 Å². The third kappa shape index (κ3) is 17.4. The molecular formula is C49H70N8O9. The number of aliphatic hydroxyl groups excluding tert-OH is 1. The molecule has 17 heteroatoms. The van der Waals surface area contributed by atoms with Gasteiger partial charge in [-0.3, -0.25) is 33.6 Å². The summed E-state index contributed by atoms with van der Waals surface area (Å²) in [5.41, 5.74) is 8.38. The monoisotopic (exact) mass is 915 g/mol. The first kappa shape index (κ1) is 52.5. The van der Waals surface area contributed by atoms with Crippen LogP contribution < -0.4 is 27.0 Å². The van der Waals surface area contributed by atoms with Gasteiger partial charge in [-0.25, -0.2) is 4.98 Å². The zero-order valence-corrected chi connectivity index (χ0v) is 38.9. The van der Waals surface area contributed by atoms with Crippen molar-refractivity contribution in [1.82, 2.24) is 35.7 Å². The lowest BCUT2D eigenvalue weighted by molar-refractivity contribution is -0.146. The highest BCUT2D eigenvalue weighted by Gasteiger charge is 2.37. The number of aryl methyl sites for hydroxylation is 2. The second-order valence-corrected chi connectivity index (χ2v) is 17.7. The largest absolute Gasteiger partial charge is 0.461 e. The van der Waals surface area contributed by atoms with Crippen molar-refractivity contribution in [3.63, 3.8) is 0 Å². The van der Waals surface area contributed by atoms with Gasteiger partial charge >= 0.3 is 5.97 Å². The number of hydrogen-bond acceptors (Lipinski definition) is 10. The third-order valence-corrected chi connectivity index (χ3v) is 11.8. The summed E-state index contributed by atoms with van der Waals surface area (Å²) in [6.07, 6.45) is 11.5. The lowest BCUT2D eigenvalue weighted by Gasteiger charge is -2.28. The number of nitrogens with one attached hydrogen (secondary N) is 4. The van der Waals surface area contributed by atoms with Crippen LogP contribution >= 0.6 is 0 Å². The number of benzene rings is 2. The van der Waals surface area contributed by atoms with Gasteiger partial charge in [0.2, 0.25) is 35.4 Å². The number of primary amides is 1. The molecule has 1 saturated heterocycles. The minimum Gasteiger partial charge on any atom is -0.461 e. The van der Waals surface area contributed by atoms with E-state index < -0.39 is 78.2 Å². The van der Waals surface area contributed by atoms with E-state index >= 15 is 0 Å². The van der Waals surface area contributed by atoms with Gasteiger partial charge in [0.1, 0.15) is 36.8 Å². The highest BCUT2D eigenvalue weighted by Crippen LogP contribution is 2.19. The first-order valence-corrected chi connectivity index (χ1v) is 23.3. The Labute approximate surface area is 388 Å². The molecule has 0 radical (unpaired) electrons. The standard InChI is InChI=1S/C49H70N8O9/c1-33(2)26-39(53-49(65)42-23-17-25-57(42)35(4)59)46(62)52-40(28-38-29-51-32-56(38)24-16-8-6-5-7-11-18-36-19-12-9-13-20-36)47(63)54-41(30-58)48(64)55-44(45(50)61)34(3)27-43(60)66-31-37-21-14-10-15-22-37/h9-10,12-15,19-22,29,32-34,39-42,44,58H,5-8,11,16-18,23-28,30-31H2,1-4H3,(H2,50,61)(H,52,62)(H,53,65)(H,54,63)(H,55,64)/t34-,39-,40-,41-,42-,44-/m0/s1. The minimum absolute atomic E-state index is 0.0105. The molecule has 2 heterocycles. The van der Waals surface area contributed by atoms with Crippen LogP contribution in [-0.4, -0.2) is 104 Å². The summed E-state index contributed by atoms with van der Waals surface area (Å²) in [6, 6.07) is 13.3. The molecule has 360 valence electrons. The highest BCUT2D eigenvalue weighted by molar-refractivity contribution is 5.96. The van der Waals surface area contributed by atoms with Crippen molar-refractivity contribution in [2.24, 2.45) is 17.6 Å². The van der Waals surface area contributed by atoms with Gasteiger partial charge in [0.15, 0.2) is 0 Å². The van der Waals surface area contributed by atoms with Crippen LogP contribution in [0.5, 0.6) is 0 Å². The van der Waals surface area contributed by atoms with E-state index in [2.05, 4.69) is 50.5 Å². The van der Waals surface area contributed by atoms with E-state index in [1.807, 2.05) is 30.5 Å². The maximum atomic E-state index is 14.2. The fourth-order valence-corrected chi connectivity index (χ4v) is 8.15. The number of amides is 6. The summed E-state index contributed by atoms with van der Waals surface area (Å²) in [6.45, 7) is 6.86. The number of esters is 1. The van der Waals surface area contributed by atoms with Crippen molar-refractivity contribution in [3.8, 4) is 0 Å². The van der Waals surface area contributed by atoms with Crippen LogP contribution in [-0.2, 0) is 64.3 Å². The zero-order chi connectivity index (χ0) is 48.0. The molecule has 0 spiro atoms. The SMILES string of the molecule is CC(=O)N1CCC[C@H]1C(=O)N[C@@H](CC(C)C)C(=O)N[C@@H](Cc1cncn1CCCCCCCCc1ccccc1)C(=O)N[C@@H](CO)C(=O)N[C@H](C(N)=O)[C@@H](C)CC(=O)OCc1ccccc1. The van der Waals surface area contributed by atoms with E-state index in [0.29, 0.717) is 31.6 Å². The smallest absolute Gasteiger partial charge is 0.306 e. The van der Waals surface area contributed by atoms with Crippen molar-refractivity contribution < 1.29 is 43.4 Å². The molecule has 1 aliphatic heterocycles. The summed E-state index contributed by atoms with van der Waals surface area (Å²) in [5.74, 6) is -5.61. The Morgan fingerprint density at radius 3 is 2.03 bits per heavy atom. The topological polar surface area (TPSA) is 244 Å². The lowest BCUT2D eigenvalue weighted by atomic mass is 9.97. The second kappa shape index (κ2) is 27.4. The van der Waals surface area contributed by atoms with Gasteiger partial charge < -0.3 is 46.3 Å². The maximum absolute atomic E-state index is 14.2. The van der Waals surface area contributed by atoms with Gasteiger partial charge in [0.25, 0.3) is 0 Å². The maximum Gasteiger partial charge on any atom is 0.306 e. The Hall–Kier alpha value is -6.10. The molecule has 0 unspecified atom stereocenters. The normalized spacial score (nSPS) is 15.8. The van der Waals surface area contributed by atoms with E-state index in [1.165, 1.54) is 24.3 Å². The molecule has 3 aromatic rings. The first-order chi connectivity index (χ1) is 31.7. The molecule has 66 heavy (non-hydrogen) atoms. The Kier molecular flexibility index (Phi) is 21.8. The van der Waals surface area contributed by atoms with E-state index in [-0.39, 0.29) is 37.7 Å². The molecule has 1 aliphatic rings. The highest BCUT2D eigenvalue weighted by atomic mass is 16.5. The minimum atomic E-state index is -1.60. The molecule has 4 rings (SSSR count). The molecule has 0 saturated carbocycles. The number of carbonyl (C=O) groups excluding carboxylic acids is 7. The van der Waals surface area contributed by atoms with Crippen molar-refractivity contribution in [3.05, 3.63) is 90.0 Å². The summed E-state index contributed by atoms with van der Waals surface area (Å²) in [7, 11) is 0. The number of hydrogen-bond donors (Lipinski definition) is 6. The van der Waals surface area contributed by atoms with Crippen LogP contribution in [0.4, 0.5) is 0 Å². The summed E-state index contributed by atoms with van der Waals surface area (Å²) < 4.78 is 7.25. The van der Waals surface area contributed by atoms with E-state index in [4.69, 9.17) is 10.5 Å². The van der Waals surface area contributed by atoms with Gasteiger partial charge in [-0.15, -0.1) is 0 Å². The first-order valence-electron chi connectivity index (χ1n) is 23.3. The number of aromatic nitrogens is 2. The predicted molar refractivity (Wildman–Crippen MR) is 248 cm³/mol. The van der Waals surface area contributed by atoms with Crippen molar-refractivity contribution in [2.45, 2.75) is 148 Å². The summed E-state index contributed by atoms with van der Waals surface area (Å²) in [4.78, 5) is 98.8.